The van der Waals surface area contributed by atoms with Gasteiger partial charge in [-0.25, -0.2) is 9.97 Å². The van der Waals surface area contributed by atoms with E-state index in [1.54, 1.807) is 13.4 Å². The topological polar surface area (TPSA) is 77.5 Å². The highest BCUT2D eigenvalue weighted by atomic mass is 16.7. The van der Waals surface area contributed by atoms with Crippen molar-refractivity contribution < 1.29 is 14.2 Å². The average Bonchev–Trinajstić information content (AvgIpc) is 3.21. The van der Waals surface area contributed by atoms with E-state index in [1.807, 2.05) is 42.5 Å². The number of ether oxygens (including phenoxy) is 3. The maximum atomic E-state index is 5.41. The largest absolute Gasteiger partial charge is 0.496 e. The van der Waals surface area contributed by atoms with E-state index in [1.165, 1.54) is 0 Å². The third-order valence-corrected chi connectivity index (χ3v) is 4.47. The van der Waals surface area contributed by atoms with Gasteiger partial charge >= 0.3 is 0 Å². The first-order valence-corrected chi connectivity index (χ1v) is 9.12. The highest BCUT2D eigenvalue weighted by Crippen LogP contribution is 2.32. The molecule has 4 rings (SSSR count). The predicted molar refractivity (Wildman–Crippen MR) is 107 cm³/mol. The lowest BCUT2D eigenvalue weighted by Crippen LogP contribution is -2.08. The number of para-hydroxylation sites is 1. The van der Waals surface area contributed by atoms with Crippen LogP contribution < -0.4 is 24.8 Å². The minimum absolute atomic E-state index is 0.280. The Morgan fingerprint density at radius 2 is 1.79 bits per heavy atom. The average molecular weight is 378 g/mol. The number of rotatable bonds is 8. The van der Waals surface area contributed by atoms with Gasteiger partial charge in [0.05, 0.1) is 7.11 Å². The number of hydrogen-bond donors (Lipinski definition) is 2. The molecule has 2 N–H and O–H groups in total. The first kappa shape index (κ1) is 17.9. The quantitative estimate of drug-likeness (QED) is 0.621. The zero-order valence-electron chi connectivity index (χ0n) is 15.6. The van der Waals surface area contributed by atoms with Crippen molar-refractivity contribution in [3.8, 4) is 17.2 Å². The van der Waals surface area contributed by atoms with Crippen LogP contribution in [0.5, 0.6) is 17.2 Å². The van der Waals surface area contributed by atoms with Crippen LogP contribution in [0.2, 0.25) is 0 Å². The van der Waals surface area contributed by atoms with E-state index in [9.17, 15) is 0 Å². The van der Waals surface area contributed by atoms with Crippen LogP contribution in [0.3, 0.4) is 0 Å². The van der Waals surface area contributed by atoms with E-state index >= 15 is 0 Å². The van der Waals surface area contributed by atoms with E-state index in [0.717, 1.165) is 53.0 Å². The number of fused-ring (bicyclic) bond motifs is 1. The van der Waals surface area contributed by atoms with Crippen LogP contribution in [-0.4, -0.2) is 30.4 Å². The minimum atomic E-state index is 0.280. The van der Waals surface area contributed by atoms with Gasteiger partial charge in [0.1, 0.15) is 23.7 Å². The van der Waals surface area contributed by atoms with Gasteiger partial charge in [0, 0.05) is 19.2 Å². The Kier molecular flexibility index (Phi) is 5.42. The van der Waals surface area contributed by atoms with E-state index in [0.29, 0.717) is 6.54 Å². The predicted octanol–water partition coefficient (Wildman–Crippen LogP) is 3.48. The number of anilines is 2. The first-order valence-electron chi connectivity index (χ1n) is 9.12. The SMILES string of the molecule is COc1ccccc1CCNc1cc(NCc2ccc3c(c2)OCO3)ncn1. The van der Waals surface area contributed by atoms with Crippen molar-refractivity contribution in [3.05, 3.63) is 66.0 Å². The molecule has 0 atom stereocenters. The summed E-state index contributed by atoms with van der Waals surface area (Å²) < 4.78 is 16.1. The molecule has 3 aromatic rings. The number of methoxy groups -OCH3 is 1. The second kappa shape index (κ2) is 8.47. The normalized spacial score (nSPS) is 11.9. The van der Waals surface area contributed by atoms with Gasteiger partial charge in [-0.2, -0.15) is 0 Å². The Labute approximate surface area is 163 Å². The molecule has 2 heterocycles. The molecule has 28 heavy (non-hydrogen) atoms. The van der Waals surface area contributed by atoms with Crippen molar-refractivity contribution in [2.45, 2.75) is 13.0 Å². The number of nitrogens with zero attached hydrogens (tertiary/aromatic N) is 2. The molecular weight excluding hydrogens is 356 g/mol. The van der Waals surface area contributed by atoms with Gasteiger partial charge in [0.15, 0.2) is 11.5 Å². The molecule has 7 nitrogen and oxygen atoms in total. The van der Waals surface area contributed by atoms with E-state index in [2.05, 4.69) is 26.7 Å². The molecule has 0 spiro atoms. The minimum Gasteiger partial charge on any atom is -0.496 e. The first-order chi connectivity index (χ1) is 13.8. The van der Waals surface area contributed by atoms with Crippen LogP contribution in [-0.2, 0) is 13.0 Å². The van der Waals surface area contributed by atoms with Gasteiger partial charge in [0.25, 0.3) is 0 Å². The fraction of sp³-hybridized carbons (Fsp3) is 0.238. The lowest BCUT2D eigenvalue weighted by atomic mass is 10.1. The number of benzene rings is 2. The van der Waals surface area contributed by atoms with Crippen molar-refractivity contribution in [1.82, 2.24) is 9.97 Å². The third kappa shape index (κ3) is 4.25. The van der Waals surface area contributed by atoms with Gasteiger partial charge in [-0.1, -0.05) is 24.3 Å². The maximum Gasteiger partial charge on any atom is 0.231 e. The molecule has 0 saturated heterocycles. The highest BCUT2D eigenvalue weighted by Gasteiger charge is 2.13. The number of aromatic nitrogens is 2. The lowest BCUT2D eigenvalue weighted by Gasteiger charge is -2.11. The lowest BCUT2D eigenvalue weighted by molar-refractivity contribution is 0.174. The second-order valence-corrected chi connectivity index (χ2v) is 6.32. The Morgan fingerprint density at radius 3 is 2.68 bits per heavy atom. The van der Waals surface area contributed by atoms with Crippen molar-refractivity contribution in [2.75, 3.05) is 31.1 Å². The van der Waals surface area contributed by atoms with Gasteiger partial charge in [0.2, 0.25) is 6.79 Å². The molecule has 0 aliphatic carbocycles. The standard InChI is InChI=1S/C21H22N4O3/c1-26-17-5-3-2-4-16(17)8-9-22-20-11-21(25-13-24-20)23-12-15-6-7-18-19(10-15)28-14-27-18/h2-7,10-11,13H,8-9,12,14H2,1H3,(H2,22,23,24,25). The molecule has 0 radical (unpaired) electrons. The fourth-order valence-electron chi connectivity index (χ4n) is 3.03. The van der Waals surface area contributed by atoms with Gasteiger partial charge in [-0.05, 0) is 35.7 Å². The van der Waals surface area contributed by atoms with Gasteiger partial charge < -0.3 is 24.8 Å². The molecule has 1 aromatic heterocycles. The van der Waals surface area contributed by atoms with E-state index < -0.39 is 0 Å². The van der Waals surface area contributed by atoms with Crippen LogP contribution in [0, 0.1) is 0 Å². The summed E-state index contributed by atoms with van der Waals surface area (Å²) in [5.74, 6) is 4.00. The maximum absolute atomic E-state index is 5.41. The summed E-state index contributed by atoms with van der Waals surface area (Å²) in [5, 5.41) is 6.65. The monoisotopic (exact) mass is 378 g/mol. The summed E-state index contributed by atoms with van der Waals surface area (Å²) in [7, 11) is 1.69. The van der Waals surface area contributed by atoms with Crippen molar-refractivity contribution in [2.24, 2.45) is 0 Å². The Morgan fingerprint density at radius 1 is 0.964 bits per heavy atom. The van der Waals surface area contributed by atoms with Crippen LogP contribution in [0.1, 0.15) is 11.1 Å². The summed E-state index contributed by atoms with van der Waals surface area (Å²) in [5.41, 5.74) is 2.25. The smallest absolute Gasteiger partial charge is 0.231 e. The highest BCUT2D eigenvalue weighted by molar-refractivity contribution is 5.49. The molecule has 1 aliphatic rings. The van der Waals surface area contributed by atoms with Crippen molar-refractivity contribution in [1.29, 1.82) is 0 Å². The third-order valence-electron chi connectivity index (χ3n) is 4.47. The van der Waals surface area contributed by atoms with Crippen LogP contribution in [0.4, 0.5) is 11.6 Å². The number of hydrogen-bond acceptors (Lipinski definition) is 7. The summed E-state index contributed by atoms with van der Waals surface area (Å²) in [6.45, 7) is 1.66. The van der Waals surface area contributed by atoms with Crippen LogP contribution in [0.25, 0.3) is 0 Å². The van der Waals surface area contributed by atoms with Crippen LogP contribution >= 0.6 is 0 Å². The zero-order valence-corrected chi connectivity index (χ0v) is 15.6. The Balaban J connectivity index is 1.31. The molecule has 1 aliphatic heterocycles. The fourth-order valence-corrected chi connectivity index (χ4v) is 3.03. The molecule has 144 valence electrons. The Bertz CT molecular complexity index is 948. The molecule has 0 unspecified atom stereocenters. The van der Waals surface area contributed by atoms with Crippen LogP contribution in [0.15, 0.2) is 54.9 Å². The summed E-state index contributed by atoms with van der Waals surface area (Å²) in [6, 6.07) is 15.8. The number of nitrogens with one attached hydrogen (secondary N) is 2. The van der Waals surface area contributed by atoms with E-state index in [4.69, 9.17) is 14.2 Å². The summed E-state index contributed by atoms with van der Waals surface area (Å²) in [6.07, 6.45) is 2.39. The Hall–Kier alpha value is -3.48. The molecule has 0 amide bonds. The summed E-state index contributed by atoms with van der Waals surface area (Å²) >= 11 is 0. The second-order valence-electron chi connectivity index (χ2n) is 6.32. The van der Waals surface area contributed by atoms with Gasteiger partial charge in [-0.3, -0.25) is 0 Å². The molecular formula is C21H22N4O3. The summed E-state index contributed by atoms with van der Waals surface area (Å²) in [4.78, 5) is 8.57. The molecule has 0 fully saturated rings. The molecule has 0 saturated carbocycles. The molecule has 2 aromatic carbocycles. The van der Waals surface area contributed by atoms with Crippen molar-refractivity contribution >= 4 is 11.6 Å². The van der Waals surface area contributed by atoms with Gasteiger partial charge in [-0.15, -0.1) is 0 Å². The molecule has 0 bridgehead atoms. The van der Waals surface area contributed by atoms with Crippen molar-refractivity contribution in [3.63, 3.8) is 0 Å². The van der Waals surface area contributed by atoms with E-state index in [-0.39, 0.29) is 6.79 Å². The molecule has 7 heteroatoms. The zero-order chi connectivity index (χ0) is 19.2.